The van der Waals surface area contributed by atoms with E-state index in [0.717, 1.165) is 10.4 Å². The summed E-state index contributed by atoms with van der Waals surface area (Å²) >= 11 is 0. The molecule has 0 aliphatic heterocycles. The minimum atomic E-state index is -4.36. The molecule has 0 aliphatic carbocycles. The second kappa shape index (κ2) is 13.3. The lowest BCUT2D eigenvalue weighted by Gasteiger charge is -2.33. The van der Waals surface area contributed by atoms with Gasteiger partial charge in [-0.2, -0.15) is 0 Å². The summed E-state index contributed by atoms with van der Waals surface area (Å²) in [6.07, 6.45) is 0.238. The summed E-state index contributed by atoms with van der Waals surface area (Å²) < 4.78 is 56.5. The van der Waals surface area contributed by atoms with Gasteiger partial charge in [-0.1, -0.05) is 63.2 Å². The molecule has 1 N–H and O–H groups in total. The van der Waals surface area contributed by atoms with E-state index < -0.39 is 46.1 Å². The standard InChI is InChI=1S/C29H33F2N3O4S/c1-4-26(29(36)32-18-21(2)3)33(19-22-14-16-23(30)17-15-22)28(35)20-34(27-13-9-8-12-25(27)31)39(37,38)24-10-6-5-7-11-24/h5-17,21,26H,4,18-20H2,1-3H3,(H,32,36). The average molecular weight is 558 g/mol. The molecular weight excluding hydrogens is 524 g/mol. The largest absolute Gasteiger partial charge is 0.354 e. The minimum absolute atomic E-state index is 0.0801. The topological polar surface area (TPSA) is 86.8 Å². The third-order valence-electron chi connectivity index (χ3n) is 6.07. The number of halogens is 2. The number of nitrogens with one attached hydrogen (secondary N) is 1. The van der Waals surface area contributed by atoms with Crippen LogP contribution in [0.25, 0.3) is 0 Å². The van der Waals surface area contributed by atoms with E-state index in [1.165, 1.54) is 71.6 Å². The van der Waals surface area contributed by atoms with Crippen LogP contribution in [0.1, 0.15) is 32.8 Å². The molecule has 0 radical (unpaired) electrons. The predicted molar refractivity (Wildman–Crippen MR) is 146 cm³/mol. The molecule has 1 unspecified atom stereocenters. The van der Waals surface area contributed by atoms with Crippen molar-refractivity contribution >= 4 is 27.5 Å². The van der Waals surface area contributed by atoms with Gasteiger partial charge in [0, 0.05) is 13.1 Å². The molecular formula is C29H33F2N3O4S. The van der Waals surface area contributed by atoms with Gasteiger partial charge < -0.3 is 10.2 Å². The fourth-order valence-electron chi connectivity index (χ4n) is 4.02. The first-order valence-electron chi connectivity index (χ1n) is 12.7. The van der Waals surface area contributed by atoms with Crippen LogP contribution in [0.3, 0.4) is 0 Å². The van der Waals surface area contributed by atoms with Gasteiger partial charge in [0.2, 0.25) is 11.8 Å². The molecule has 3 rings (SSSR count). The summed E-state index contributed by atoms with van der Waals surface area (Å²) in [4.78, 5) is 28.2. The normalized spacial score (nSPS) is 12.2. The summed E-state index contributed by atoms with van der Waals surface area (Å²) in [6.45, 7) is 5.15. The Morgan fingerprint density at radius 1 is 0.897 bits per heavy atom. The van der Waals surface area contributed by atoms with Crippen molar-refractivity contribution in [2.75, 3.05) is 17.4 Å². The number of carbonyl (C=O) groups is 2. The smallest absolute Gasteiger partial charge is 0.264 e. The fraction of sp³-hybridized carbons (Fsp3) is 0.310. The number of sulfonamides is 1. The Bertz CT molecular complexity index is 1370. The van der Waals surface area contributed by atoms with E-state index >= 15 is 0 Å². The lowest BCUT2D eigenvalue weighted by molar-refractivity contribution is -0.140. The number of benzene rings is 3. The molecule has 0 spiro atoms. The molecule has 0 saturated heterocycles. The monoisotopic (exact) mass is 557 g/mol. The van der Waals surface area contributed by atoms with Crippen LogP contribution in [0.5, 0.6) is 0 Å². The predicted octanol–water partition coefficient (Wildman–Crippen LogP) is 4.74. The Labute approximate surface area is 228 Å². The number of hydrogen-bond donors (Lipinski definition) is 1. The second-order valence-electron chi connectivity index (χ2n) is 9.49. The first-order valence-corrected chi connectivity index (χ1v) is 14.1. The molecule has 7 nitrogen and oxygen atoms in total. The molecule has 0 fully saturated rings. The highest BCUT2D eigenvalue weighted by molar-refractivity contribution is 7.92. The van der Waals surface area contributed by atoms with Crippen molar-refractivity contribution in [3.05, 3.63) is 96.1 Å². The van der Waals surface area contributed by atoms with E-state index in [-0.39, 0.29) is 29.5 Å². The van der Waals surface area contributed by atoms with Crippen LogP contribution in [0.15, 0.2) is 83.8 Å². The Kier molecular flexibility index (Phi) is 10.2. The maximum Gasteiger partial charge on any atom is 0.264 e. The lowest BCUT2D eigenvalue weighted by atomic mass is 10.1. The van der Waals surface area contributed by atoms with Crippen LogP contribution in [0.2, 0.25) is 0 Å². The van der Waals surface area contributed by atoms with E-state index in [1.54, 1.807) is 13.0 Å². The third-order valence-corrected chi connectivity index (χ3v) is 7.84. The van der Waals surface area contributed by atoms with E-state index in [0.29, 0.717) is 12.1 Å². The second-order valence-corrected chi connectivity index (χ2v) is 11.3. The van der Waals surface area contributed by atoms with Gasteiger partial charge in [-0.05, 0) is 54.3 Å². The highest BCUT2D eigenvalue weighted by Crippen LogP contribution is 2.27. The van der Waals surface area contributed by atoms with Gasteiger partial charge in [-0.3, -0.25) is 13.9 Å². The molecule has 0 aliphatic rings. The Balaban J connectivity index is 2.04. The Morgan fingerprint density at radius 2 is 1.51 bits per heavy atom. The summed E-state index contributed by atoms with van der Waals surface area (Å²) in [5.74, 6) is -2.23. The summed E-state index contributed by atoms with van der Waals surface area (Å²) in [5.41, 5.74) is 0.247. The van der Waals surface area contributed by atoms with E-state index in [4.69, 9.17) is 0 Å². The van der Waals surface area contributed by atoms with Crippen LogP contribution < -0.4 is 9.62 Å². The number of hydrogen-bond acceptors (Lipinski definition) is 4. The number of carbonyl (C=O) groups excluding carboxylic acids is 2. The summed E-state index contributed by atoms with van der Waals surface area (Å²) in [7, 11) is -4.36. The average Bonchev–Trinajstić information content (AvgIpc) is 2.92. The van der Waals surface area contributed by atoms with Gasteiger partial charge in [0.1, 0.15) is 24.2 Å². The molecule has 3 aromatic carbocycles. The molecule has 0 bridgehead atoms. The third kappa shape index (κ3) is 7.63. The van der Waals surface area contributed by atoms with Gasteiger partial charge in [0.05, 0.1) is 10.6 Å². The van der Waals surface area contributed by atoms with Crippen LogP contribution >= 0.6 is 0 Å². The number of anilines is 1. The van der Waals surface area contributed by atoms with Crippen molar-refractivity contribution in [2.24, 2.45) is 5.92 Å². The molecule has 0 saturated carbocycles. The first kappa shape index (κ1) is 29.8. The number of rotatable bonds is 12. The number of nitrogens with zero attached hydrogens (tertiary/aromatic N) is 2. The van der Waals surface area contributed by atoms with Gasteiger partial charge in [0.15, 0.2) is 0 Å². The Hall–Kier alpha value is -3.79. The Morgan fingerprint density at radius 3 is 2.10 bits per heavy atom. The van der Waals surface area contributed by atoms with Crippen LogP contribution in [0, 0.1) is 17.6 Å². The van der Waals surface area contributed by atoms with E-state index in [1.807, 2.05) is 13.8 Å². The van der Waals surface area contributed by atoms with Crippen LogP contribution in [0.4, 0.5) is 14.5 Å². The minimum Gasteiger partial charge on any atom is -0.354 e. The zero-order valence-electron chi connectivity index (χ0n) is 22.2. The molecule has 39 heavy (non-hydrogen) atoms. The molecule has 2 amide bonds. The summed E-state index contributed by atoms with van der Waals surface area (Å²) in [5, 5.41) is 2.83. The summed E-state index contributed by atoms with van der Waals surface area (Å²) in [6, 6.07) is 17.2. The molecule has 1 atom stereocenters. The van der Waals surface area contributed by atoms with Crippen molar-refractivity contribution in [3.8, 4) is 0 Å². The van der Waals surface area contributed by atoms with Crippen molar-refractivity contribution in [2.45, 2.75) is 44.7 Å². The van der Waals surface area contributed by atoms with Gasteiger partial charge in [-0.15, -0.1) is 0 Å². The van der Waals surface area contributed by atoms with E-state index in [9.17, 15) is 26.8 Å². The molecule has 10 heteroatoms. The molecule has 208 valence electrons. The number of amides is 2. The lowest BCUT2D eigenvalue weighted by Crippen LogP contribution is -2.52. The van der Waals surface area contributed by atoms with Crippen LogP contribution in [-0.2, 0) is 26.2 Å². The SMILES string of the molecule is CCC(C(=O)NCC(C)C)N(Cc1ccc(F)cc1)C(=O)CN(c1ccccc1F)S(=O)(=O)c1ccccc1. The van der Waals surface area contributed by atoms with Gasteiger partial charge in [0.25, 0.3) is 10.0 Å². The molecule has 0 aromatic heterocycles. The van der Waals surface area contributed by atoms with Crippen LogP contribution in [-0.4, -0.2) is 44.3 Å². The molecule has 3 aromatic rings. The maximum absolute atomic E-state index is 14.9. The van der Waals surface area contributed by atoms with Gasteiger partial charge in [-0.25, -0.2) is 17.2 Å². The first-order chi connectivity index (χ1) is 18.5. The van der Waals surface area contributed by atoms with Crippen molar-refractivity contribution < 1.29 is 26.8 Å². The highest BCUT2D eigenvalue weighted by atomic mass is 32.2. The zero-order valence-corrected chi connectivity index (χ0v) is 23.0. The van der Waals surface area contributed by atoms with Crippen molar-refractivity contribution in [1.29, 1.82) is 0 Å². The molecule has 0 heterocycles. The van der Waals surface area contributed by atoms with E-state index in [2.05, 4.69) is 5.32 Å². The van der Waals surface area contributed by atoms with Gasteiger partial charge >= 0.3 is 0 Å². The fourth-order valence-corrected chi connectivity index (χ4v) is 5.46. The highest BCUT2D eigenvalue weighted by Gasteiger charge is 2.34. The van der Waals surface area contributed by atoms with Crippen molar-refractivity contribution in [1.82, 2.24) is 10.2 Å². The maximum atomic E-state index is 14.9. The zero-order chi connectivity index (χ0) is 28.6. The van der Waals surface area contributed by atoms with Crippen molar-refractivity contribution in [3.63, 3.8) is 0 Å². The quantitative estimate of drug-likeness (QED) is 0.349. The number of para-hydroxylation sites is 1.